The second-order valence-electron chi connectivity index (χ2n) is 11.7. The third-order valence-corrected chi connectivity index (χ3v) is 9.95. The molecule has 0 aliphatic carbocycles. The highest BCUT2D eigenvalue weighted by molar-refractivity contribution is 7.89. The van der Waals surface area contributed by atoms with Crippen molar-refractivity contribution in [2.24, 2.45) is 5.92 Å². The average Bonchev–Trinajstić information content (AvgIpc) is 3.05. The lowest BCUT2D eigenvalue weighted by Gasteiger charge is -2.32. The summed E-state index contributed by atoms with van der Waals surface area (Å²) >= 11 is 0. The number of nitrogens with zero attached hydrogens (tertiary/aromatic N) is 1. The van der Waals surface area contributed by atoms with Gasteiger partial charge in [-0.05, 0) is 54.2 Å². The molecule has 0 aliphatic heterocycles. The number of benzene rings is 3. The first-order valence-corrected chi connectivity index (χ1v) is 18.5. The maximum Gasteiger partial charge on any atom is 0.469 e. The molecule has 2 atom stereocenters. The minimum absolute atomic E-state index is 0.0127. The Bertz CT molecular complexity index is 1570. The number of alkyl carbamates (subject to hydrolysis) is 1. The van der Waals surface area contributed by atoms with Crippen molar-refractivity contribution in [3.8, 4) is 0 Å². The van der Waals surface area contributed by atoms with Crippen LogP contribution in [0, 0.1) is 5.92 Å². The van der Waals surface area contributed by atoms with Crippen molar-refractivity contribution in [1.29, 1.82) is 0 Å². The lowest BCUT2D eigenvalue weighted by molar-refractivity contribution is -0.123. The number of sulfonamides is 1. The van der Waals surface area contributed by atoms with E-state index in [1.165, 1.54) is 35.7 Å². The molecule has 0 saturated heterocycles. The van der Waals surface area contributed by atoms with E-state index in [2.05, 4.69) is 10.6 Å². The molecule has 0 bridgehead atoms. The Labute approximate surface area is 282 Å². The standard InChI is InChI=1S/C33H45N4O9PS/c1-24(2)22-37(48(43,44)29-19-17-27(34)18-20-29)28(23-46-47(40,41)42)16-10-11-21-35-32(38)31(36-33(39)45-3)30(25-12-6-4-7-13-25)26-14-8-5-9-15-26/h4-9,12-15,17-20,24,28,30-31H,10-11,16,21-23,34H2,1-3H3,(H,35,38)(H,36,39)(H2,40,41,42)/t28-,31-/m0/s1. The van der Waals surface area contributed by atoms with Crippen LogP contribution in [0.1, 0.15) is 50.2 Å². The number of nitrogens with two attached hydrogens (primary N) is 1. The number of hydrogen-bond donors (Lipinski definition) is 5. The highest BCUT2D eigenvalue weighted by atomic mass is 32.2. The zero-order valence-corrected chi connectivity index (χ0v) is 29.0. The molecule has 0 fully saturated rings. The fraction of sp³-hybridized carbons (Fsp3) is 0.394. The summed E-state index contributed by atoms with van der Waals surface area (Å²) in [6.07, 6.45) is 0.170. The number of carbonyl (C=O) groups is 2. The van der Waals surface area contributed by atoms with E-state index in [1.54, 1.807) is 0 Å². The molecule has 0 aliphatic rings. The van der Waals surface area contributed by atoms with Gasteiger partial charge in [-0.1, -0.05) is 80.9 Å². The SMILES string of the molecule is COC(=O)N[C@H](C(=O)NCCCC[C@@H](COP(=O)(O)O)N(CC(C)C)S(=O)(=O)c1ccc(N)cc1)C(c1ccccc1)c1ccccc1. The lowest BCUT2D eigenvalue weighted by Crippen LogP contribution is -2.50. The van der Waals surface area contributed by atoms with Crippen molar-refractivity contribution in [1.82, 2.24) is 14.9 Å². The molecular weight excluding hydrogens is 659 g/mol. The van der Waals surface area contributed by atoms with Gasteiger partial charge in [0.15, 0.2) is 0 Å². The lowest BCUT2D eigenvalue weighted by atomic mass is 9.84. The number of anilines is 1. The normalized spacial score (nSPS) is 13.3. The number of methoxy groups -OCH3 is 1. The van der Waals surface area contributed by atoms with Gasteiger partial charge < -0.3 is 30.9 Å². The van der Waals surface area contributed by atoms with Gasteiger partial charge in [-0.15, -0.1) is 0 Å². The number of unbranched alkanes of at least 4 members (excludes halogenated alkanes) is 1. The number of nitrogens with one attached hydrogen (secondary N) is 2. The van der Waals surface area contributed by atoms with E-state index in [0.29, 0.717) is 18.5 Å². The van der Waals surface area contributed by atoms with E-state index in [0.717, 1.165) is 11.1 Å². The van der Waals surface area contributed by atoms with Crippen molar-refractivity contribution in [2.75, 3.05) is 32.5 Å². The number of phosphoric ester groups is 1. The first-order valence-electron chi connectivity index (χ1n) is 15.5. The molecule has 0 spiro atoms. The van der Waals surface area contributed by atoms with E-state index in [9.17, 15) is 32.4 Å². The van der Waals surface area contributed by atoms with Crippen LogP contribution in [0.25, 0.3) is 0 Å². The third kappa shape index (κ3) is 11.7. The molecule has 13 nitrogen and oxygen atoms in total. The fourth-order valence-electron chi connectivity index (χ4n) is 5.28. The van der Waals surface area contributed by atoms with E-state index >= 15 is 0 Å². The van der Waals surface area contributed by atoms with Gasteiger partial charge in [-0.25, -0.2) is 17.8 Å². The highest BCUT2D eigenvalue weighted by Gasteiger charge is 2.35. The Balaban J connectivity index is 1.78. The van der Waals surface area contributed by atoms with Crippen LogP contribution in [-0.4, -0.2) is 73.4 Å². The Hall–Kier alpha value is -3.78. The molecule has 15 heteroatoms. The summed E-state index contributed by atoms with van der Waals surface area (Å²) < 4.78 is 49.9. The molecule has 6 N–H and O–H groups in total. The van der Waals surface area contributed by atoms with Crippen LogP contribution < -0.4 is 16.4 Å². The summed E-state index contributed by atoms with van der Waals surface area (Å²) in [5.74, 6) is -1.11. The largest absolute Gasteiger partial charge is 0.469 e. The van der Waals surface area contributed by atoms with Crippen LogP contribution in [0.4, 0.5) is 10.5 Å². The van der Waals surface area contributed by atoms with Gasteiger partial charge in [0, 0.05) is 30.7 Å². The van der Waals surface area contributed by atoms with Gasteiger partial charge in [0.1, 0.15) is 6.04 Å². The zero-order chi connectivity index (χ0) is 35.3. The number of carbonyl (C=O) groups excluding carboxylic acids is 2. The first kappa shape index (κ1) is 38.7. The van der Waals surface area contributed by atoms with Crippen molar-refractivity contribution in [3.05, 3.63) is 96.1 Å². The Morgan fingerprint density at radius 2 is 1.48 bits per heavy atom. The van der Waals surface area contributed by atoms with Gasteiger partial charge >= 0.3 is 13.9 Å². The molecular formula is C33H45N4O9PS. The van der Waals surface area contributed by atoms with E-state index < -0.39 is 54.5 Å². The molecule has 3 aromatic carbocycles. The number of rotatable bonds is 18. The summed E-state index contributed by atoms with van der Waals surface area (Å²) in [5, 5.41) is 5.55. The van der Waals surface area contributed by atoms with Gasteiger partial charge in [0.25, 0.3) is 0 Å². The Morgan fingerprint density at radius 3 is 1.98 bits per heavy atom. The van der Waals surface area contributed by atoms with Gasteiger partial charge in [0.05, 0.1) is 18.6 Å². The predicted molar refractivity (Wildman–Crippen MR) is 182 cm³/mol. The average molecular weight is 705 g/mol. The molecule has 0 aromatic heterocycles. The van der Waals surface area contributed by atoms with Gasteiger partial charge in [-0.3, -0.25) is 9.32 Å². The van der Waals surface area contributed by atoms with E-state index in [1.807, 2.05) is 74.5 Å². The first-order chi connectivity index (χ1) is 22.7. The third-order valence-electron chi connectivity index (χ3n) is 7.53. The minimum Gasteiger partial charge on any atom is -0.453 e. The second kappa shape index (κ2) is 18.1. The molecule has 0 radical (unpaired) electrons. The summed E-state index contributed by atoms with van der Waals surface area (Å²) in [7, 11) is -7.79. The van der Waals surface area contributed by atoms with Crippen molar-refractivity contribution in [2.45, 2.75) is 56.0 Å². The van der Waals surface area contributed by atoms with Crippen LogP contribution in [0.2, 0.25) is 0 Å². The Kier molecular flexibility index (Phi) is 14.6. The molecule has 3 rings (SSSR count). The van der Waals surface area contributed by atoms with Gasteiger partial charge in [0.2, 0.25) is 15.9 Å². The predicted octanol–water partition coefficient (Wildman–Crippen LogP) is 4.24. The van der Waals surface area contributed by atoms with E-state index in [-0.39, 0.29) is 30.3 Å². The number of hydrogen-bond acceptors (Lipinski definition) is 8. The quantitative estimate of drug-likeness (QED) is 0.0726. The molecule has 48 heavy (non-hydrogen) atoms. The maximum atomic E-state index is 13.7. The van der Waals surface area contributed by atoms with Crippen LogP contribution in [0.15, 0.2) is 89.8 Å². The van der Waals surface area contributed by atoms with Gasteiger partial charge in [-0.2, -0.15) is 4.31 Å². The Morgan fingerprint density at radius 1 is 0.917 bits per heavy atom. The molecule has 2 amide bonds. The number of amides is 2. The smallest absolute Gasteiger partial charge is 0.453 e. The molecule has 0 unspecified atom stereocenters. The fourth-order valence-corrected chi connectivity index (χ4v) is 7.45. The zero-order valence-electron chi connectivity index (χ0n) is 27.3. The number of nitrogen functional groups attached to an aromatic ring is 1. The van der Waals surface area contributed by atoms with Crippen molar-refractivity contribution < 1.29 is 41.6 Å². The number of ether oxygens (including phenoxy) is 1. The van der Waals surface area contributed by atoms with Crippen LogP contribution in [0.5, 0.6) is 0 Å². The van der Waals surface area contributed by atoms with Crippen LogP contribution in [-0.2, 0) is 28.6 Å². The second-order valence-corrected chi connectivity index (χ2v) is 14.8. The highest BCUT2D eigenvalue weighted by Crippen LogP contribution is 2.37. The summed E-state index contributed by atoms with van der Waals surface area (Å²) in [6.45, 7) is 3.37. The summed E-state index contributed by atoms with van der Waals surface area (Å²) in [5.41, 5.74) is 7.75. The molecule has 0 heterocycles. The van der Waals surface area contributed by atoms with Crippen LogP contribution in [0.3, 0.4) is 0 Å². The molecule has 3 aromatic rings. The van der Waals surface area contributed by atoms with Crippen LogP contribution >= 0.6 is 7.82 Å². The van der Waals surface area contributed by atoms with Crippen molar-refractivity contribution >= 4 is 35.5 Å². The minimum atomic E-state index is -4.91. The monoisotopic (exact) mass is 704 g/mol. The summed E-state index contributed by atoms with van der Waals surface area (Å²) in [6, 6.07) is 22.3. The molecule has 262 valence electrons. The summed E-state index contributed by atoms with van der Waals surface area (Å²) in [4.78, 5) is 44.8. The molecule has 0 saturated carbocycles. The maximum absolute atomic E-state index is 13.7. The van der Waals surface area contributed by atoms with Crippen molar-refractivity contribution in [3.63, 3.8) is 0 Å². The van der Waals surface area contributed by atoms with E-state index in [4.69, 9.17) is 15.0 Å². The number of phosphoric acid groups is 1. The topological polar surface area (TPSA) is 198 Å².